The predicted octanol–water partition coefficient (Wildman–Crippen LogP) is 1.48. The van der Waals surface area contributed by atoms with Crippen LogP contribution >= 0.6 is 0 Å². The lowest BCUT2D eigenvalue weighted by Gasteiger charge is -2.21. The van der Waals surface area contributed by atoms with Crippen LogP contribution < -0.4 is 5.32 Å². The van der Waals surface area contributed by atoms with E-state index >= 15 is 0 Å². The molecule has 0 saturated heterocycles. The summed E-state index contributed by atoms with van der Waals surface area (Å²) >= 11 is 0. The summed E-state index contributed by atoms with van der Waals surface area (Å²) in [5.41, 5.74) is -0.209. The molecule has 0 aliphatic rings. The zero-order valence-electron chi connectivity index (χ0n) is 14.2. The highest BCUT2D eigenvalue weighted by Gasteiger charge is 2.22. The lowest BCUT2D eigenvalue weighted by molar-refractivity contribution is -0.140. The number of rotatable bonds is 7. The molecule has 0 fully saturated rings. The molecule has 8 heteroatoms. The van der Waals surface area contributed by atoms with Gasteiger partial charge in [0.1, 0.15) is 6.04 Å². The fourth-order valence-corrected chi connectivity index (χ4v) is 2.47. The minimum atomic E-state index is -3.35. The monoisotopic (exact) mass is 357 g/mol. The van der Waals surface area contributed by atoms with Crippen LogP contribution in [-0.2, 0) is 19.4 Å². The van der Waals surface area contributed by atoms with Gasteiger partial charge in [-0.1, -0.05) is 0 Å². The third-order valence-electron chi connectivity index (χ3n) is 3.09. The maximum Gasteiger partial charge on any atom is 0.326 e. The van der Waals surface area contributed by atoms with Gasteiger partial charge in [0, 0.05) is 24.8 Å². The fraction of sp³-hybridized carbons (Fsp3) is 0.500. The Morgan fingerprint density at radius 3 is 2.17 bits per heavy atom. The molecule has 0 radical (unpaired) electrons. The Balaban J connectivity index is 2.73. The maximum absolute atomic E-state index is 12.1. The minimum absolute atomic E-state index is 0.0902. The van der Waals surface area contributed by atoms with Crippen LogP contribution in [0.25, 0.3) is 0 Å². The third-order valence-corrected chi connectivity index (χ3v) is 4.22. The van der Waals surface area contributed by atoms with Gasteiger partial charge in [-0.2, -0.15) is 0 Å². The number of benzene rings is 1. The highest BCUT2D eigenvalue weighted by atomic mass is 32.2. The van der Waals surface area contributed by atoms with Gasteiger partial charge in [0.05, 0.1) is 10.5 Å². The Morgan fingerprint density at radius 2 is 1.75 bits per heavy atom. The summed E-state index contributed by atoms with van der Waals surface area (Å²) < 4.78 is 28.2. The first-order valence-corrected chi connectivity index (χ1v) is 9.27. The molecule has 1 aromatic carbocycles. The lowest BCUT2D eigenvalue weighted by atomic mass is 10.1. The molecule has 1 unspecified atom stereocenters. The number of hydrogen-bond donors (Lipinski definition) is 2. The highest BCUT2D eigenvalue weighted by Crippen LogP contribution is 2.11. The Hall–Kier alpha value is -1.93. The number of hydrogen-bond acceptors (Lipinski definition) is 5. The number of ether oxygens (including phenoxy) is 1. The van der Waals surface area contributed by atoms with E-state index in [0.29, 0.717) is 0 Å². The minimum Gasteiger partial charge on any atom is -0.480 e. The van der Waals surface area contributed by atoms with Crippen molar-refractivity contribution in [2.24, 2.45) is 0 Å². The van der Waals surface area contributed by atoms with Crippen LogP contribution in [0.5, 0.6) is 0 Å². The maximum atomic E-state index is 12.1. The molecular weight excluding hydrogens is 334 g/mol. The molecule has 1 amide bonds. The largest absolute Gasteiger partial charge is 0.480 e. The van der Waals surface area contributed by atoms with Crippen molar-refractivity contribution in [2.75, 3.05) is 12.9 Å². The van der Waals surface area contributed by atoms with Crippen molar-refractivity contribution in [3.8, 4) is 0 Å². The van der Waals surface area contributed by atoms with Crippen LogP contribution in [0, 0.1) is 0 Å². The zero-order valence-corrected chi connectivity index (χ0v) is 15.0. The van der Waals surface area contributed by atoms with E-state index in [9.17, 15) is 23.1 Å². The topological polar surface area (TPSA) is 110 Å². The third kappa shape index (κ3) is 6.67. The molecule has 0 heterocycles. The van der Waals surface area contributed by atoms with Crippen molar-refractivity contribution in [1.29, 1.82) is 0 Å². The Kier molecular flexibility index (Phi) is 6.50. The molecule has 24 heavy (non-hydrogen) atoms. The van der Waals surface area contributed by atoms with Crippen molar-refractivity contribution in [2.45, 2.75) is 43.7 Å². The van der Waals surface area contributed by atoms with Crippen LogP contribution in [-0.4, -0.2) is 49.9 Å². The summed E-state index contributed by atoms with van der Waals surface area (Å²) in [7, 11) is -3.35. The van der Waals surface area contributed by atoms with Crippen molar-refractivity contribution >= 4 is 21.7 Å². The molecule has 134 valence electrons. The van der Waals surface area contributed by atoms with Crippen LogP contribution in [0.1, 0.15) is 37.6 Å². The van der Waals surface area contributed by atoms with E-state index in [1.807, 2.05) is 20.8 Å². The van der Waals surface area contributed by atoms with Crippen molar-refractivity contribution in [3.63, 3.8) is 0 Å². The molecule has 7 nitrogen and oxygen atoms in total. The first-order valence-electron chi connectivity index (χ1n) is 7.38. The second-order valence-electron chi connectivity index (χ2n) is 6.41. The summed E-state index contributed by atoms with van der Waals surface area (Å²) in [5, 5.41) is 11.6. The van der Waals surface area contributed by atoms with Gasteiger partial charge in [-0.05, 0) is 45.0 Å². The average Bonchev–Trinajstić information content (AvgIpc) is 2.43. The average molecular weight is 357 g/mol. The van der Waals surface area contributed by atoms with Crippen molar-refractivity contribution < 1.29 is 27.9 Å². The Morgan fingerprint density at radius 1 is 1.21 bits per heavy atom. The second kappa shape index (κ2) is 7.76. The molecule has 1 atom stereocenters. The van der Waals surface area contributed by atoms with Crippen LogP contribution in [0.15, 0.2) is 29.2 Å². The molecule has 0 aliphatic heterocycles. The van der Waals surface area contributed by atoms with Gasteiger partial charge in [0.15, 0.2) is 9.84 Å². The van der Waals surface area contributed by atoms with Gasteiger partial charge in [-0.25, -0.2) is 13.2 Å². The highest BCUT2D eigenvalue weighted by molar-refractivity contribution is 7.90. The van der Waals surface area contributed by atoms with Gasteiger partial charge in [-0.15, -0.1) is 0 Å². The van der Waals surface area contributed by atoms with E-state index < -0.39 is 33.4 Å². The summed E-state index contributed by atoms with van der Waals surface area (Å²) in [6.07, 6.45) is 1.19. The fourth-order valence-electron chi connectivity index (χ4n) is 1.84. The summed E-state index contributed by atoms with van der Waals surface area (Å²) in [6.45, 7) is 5.74. The van der Waals surface area contributed by atoms with Crippen LogP contribution in [0.3, 0.4) is 0 Å². The van der Waals surface area contributed by atoms with Gasteiger partial charge < -0.3 is 15.2 Å². The summed E-state index contributed by atoms with van der Waals surface area (Å²) in [4.78, 5) is 23.5. The van der Waals surface area contributed by atoms with E-state index in [4.69, 9.17) is 4.74 Å². The zero-order chi connectivity index (χ0) is 18.5. The van der Waals surface area contributed by atoms with E-state index in [1.165, 1.54) is 24.3 Å². The SMILES string of the molecule is CC(C)(C)OCCC(NC(=O)c1ccc(S(C)(=O)=O)cc1)C(=O)O. The second-order valence-corrected chi connectivity index (χ2v) is 8.43. The molecule has 0 aromatic heterocycles. The van der Waals surface area contributed by atoms with E-state index in [0.717, 1.165) is 6.26 Å². The number of carboxylic acids is 1. The summed E-state index contributed by atoms with van der Waals surface area (Å²) in [6, 6.07) is 4.22. The molecule has 0 saturated carbocycles. The number of carbonyl (C=O) groups excluding carboxylic acids is 1. The number of amides is 1. The standard InChI is InChI=1S/C16H23NO6S/c1-16(2,3)23-10-9-13(15(19)20)17-14(18)11-5-7-12(8-6-11)24(4,21)22/h5-8,13H,9-10H2,1-4H3,(H,17,18)(H,19,20). The van der Waals surface area contributed by atoms with Gasteiger partial charge in [0.25, 0.3) is 5.91 Å². The molecule has 1 aromatic rings. The lowest BCUT2D eigenvalue weighted by Crippen LogP contribution is -2.42. The smallest absolute Gasteiger partial charge is 0.326 e. The number of nitrogens with one attached hydrogen (secondary N) is 1. The first-order chi connectivity index (χ1) is 10.9. The van der Waals surface area contributed by atoms with Gasteiger partial charge in [0.2, 0.25) is 0 Å². The number of aliphatic carboxylic acids is 1. The quantitative estimate of drug-likeness (QED) is 0.765. The molecule has 2 N–H and O–H groups in total. The Bertz CT molecular complexity index is 688. The van der Waals surface area contributed by atoms with Gasteiger partial charge in [-0.3, -0.25) is 4.79 Å². The predicted molar refractivity (Wildman–Crippen MR) is 88.8 cm³/mol. The van der Waals surface area contributed by atoms with E-state index in [-0.39, 0.29) is 23.5 Å². The van der Waals surface area contributed by atoms with Crippen molar-refractivity contribution in [3.05, 3.63) is 29.8 Å². The van der Waals surface area contributed by atoms with Crippen LogP contribution in [0.4, 0.5) is 0 Å². The first kappa shape index (κ1) is 20.1. The van der Waals surface area contributed by atoms with Gasteiger partial charge >= 0.3 is 5.97 Å². The number of carbonyl (C=O) groups is 2. The number of carboxylic acid groups (broad SMARTS) is 1. The molecular formula is C16H23NO6S. The van der Waals surface area contributed by atoms with E-state index in [1.54, 1.807) is 0 Å². The molecule has 0 spiro atoms. The molecule has 1 rings (SSSR count). The normalized spacial score (nSPS) is 13.3. The summed E-state index contributed by atoms with van der Waals surface area (Å²) in [5.74, 6) is -1.74. The van der Waals surface area contributed by atoms with Crippen molar-refractivity contribution in [1.82, 2.24) is 5.32 Å². The van der Waals surface area contributed by atoms with Crippen LogP contribution in [0.2, 0.25) is 0 Å². The molecule has 0 aliphatic carbocycles. The number of sulfone groups is 1. The van der Waals surface area contributed by atoms with E-state index in [2.05, 4.69) is 5.32 Å². The molecule has 0 bridgehead atoms. The Labute approximate surface area is 141 Å².